The molecule has 3 aromatic rings. The van der Waals surface area contributed by atoms with Crippen molar-refractivity contribution < 1.29 is 14.3 Å². The standard InChI is InChI=1S/C17H13N5O3/c18-7-16(19)21-9-20-8-17(24)22-12-6-15-11(5-13(12)23)10-3-1-2-4-14(10)25-15/h1-6,9,23H,8H2,(H,22,24)(H2,19,20,21). The van der Waals surface area contributed by atoms with Crippen LogP contribution < -0.4 is 11.1 Å². The molecule has 8 heteroatoms. The lowest BCUT2D eigenvalue weighted by atomic mass is 10.1. The molecule has 2 aromatic carbocycles. The van der Waals surface area contributed by atoms with Gasteiger partial charge in [-0.15, -0.1) is 0 Å². The Labute approximate surface area is 141 Å². The number of aliphatic imine (C=N–C) groups is 2. The maximum atomic E-state index is 11.9. The van der Waals surface area contributed by atoms with Crippen molar-refractivity contribution in [1.29, 1.82) is 5.26 Å². The molecule has 0 aliphatic heterocycles. The molecule has 0 bridgehead atoms. The summed E-state index contributed by atoms with van der Waals surface area (Å²) in [6, 6.07) is 12.2. The third-order valence-electron chi connectivity index (χ3n) is 3.40. The van der Waals surface area contributed by atoms with E-state index in [9.17, 15) is 9.90 Å². The zero-order chi connectivity index (χ0) is 17.8. The van der Waals surface area contributed by atoms with Crippen molar-refractivity contribution in [3.63, 3.8) is 0 Å². The van der Waals surface area contributed by atoms with Crippen molar-refractivity contribution >= 4 is 45.7 Å². The second-order valence-corrected chi connectivity index (χ2v) is 5.09. The van der Waals surface area contributed by atoms with Crippen molar-refractivity contribution in [1.82, 2.24) is 0 Å². The molecule has 0 fully saturated rings. The number of phenols is 1. The highest BCUT2D eigenvalue weighted by Gasteiger charge is 2.12. The second kappa shape index (κ2) is 6.72. The lowest BCUT2D eigenvalue weighted by Crippen LogP contribution is -2.15. The topological polar surface area (TPSA) is 137 Å². The Morgan fingerprint density at radius 3 is 2.92 bits per heavy atom. The molecule has 124 valence electrons. The van der Waals surface area contributed by atoms with E-state index in [4.69, 9.17) is 15.4 Å². The first-order valence-corrected chi connectivity index (χ1v) is 7.24. The number of furan rings is 1. The quantitative estimate of drug-likeness (QED) is 0.381. The van der Waals surface area contributed by atoms with Crippen LogP contribution in [-0.4, -0.2) is 29.7 Å². The molecule has 3 rings (SSSR count). The minimum absolute atomic E-state index is 0.0804. The number of carbonyl (C=O) groups excluding carboxylic acids is 1. The second-order valence-electron chi connectivity index (χ2n) is 5.09. The van der Waals surface area contributed by atoms with E-state index in [0.29, 0.717) is 11.2 Å². The summed E-state index contributed by atoms with van der Waals surface area (Å²) >= 11 is 0. The average molecular weight is 335 g/mol. The number of hydrogen-bond acceptors (Lipinski definition) is 5. The molecule has 0 saturated carbocycles. The fraction of sp³-hybridized carbons (Fsp3) is 0.0588. The molecule has 0 spiro atoms. The third-order valence-corrected chi connectivity index (χ3v) is 3.40. The molecular weight excluding hydrogens is 322 g/mol. The minimum Gasteiger partial charge on any atom is -0.506 e. The Morgan fingerprint density at radius 2 is 2.12 bits per heavy atom. The van der Waals surface area contributed by atoms with Gasteiger partial charge in [-0.25, -0.2) is 4.99 Å². The van der Waals surface area contributed by atoms with E-state index in [1.165, 1.54) is 6.07 Å². The highest BCUT2D eigenvalue weighted by atomic mass is 16.3. The van der Waals surface area contributed by atoms with Gasteiger partial charge in [-0.3, -0.25) is 9.79 Å². The number of nitrogens with two attached hydrogens (primary N) is 1. The number of fused-ring (bicyclic) bond motifs is 3. The molecule has 1 heterocycles. The number of amidine groups is 1. The number of para-hydroxylation sites is 1. The van der Waals surface area contributed by atoms with Crippen LogP contribution >= 0.6 is 0 Å². The molecule has 0 saturated heterocycles. The van der Waals surface area contributed by atoms with Crippen LogP contribution in [0.4, 0.5) is 5.69 Å². The van der Waals surface area contributed by atoms with Gasteiger partial charge >= 0.3 is 0 Å². The first kappa shape index (κ1) is 16.0. The lowest BCUT2D eigenvalue weighted by molar-refractivity contribution is -0.114. The molecule has 1 aromatic heterocycles. The van der Waals surface area contributed by atoms with Crippen LogP contribution in [0, 0.1) is 11.3 Å². The molecule has 0 atom stereocenters. The van der Waals surface area contributed by atoms with Gasteiger partial charge in [0.2, 0.25) is 11.7 Å². The maximum Gasteiger partial charge on any atom is 0.246 e. The predicted octanol–water partition coefficient (Wildman–Crippen LogP) is 2.14. The van der Waals surface area contributed by atoms with Crippen LogP contribution in [0.15, 0.2) is 50.8 Å². The molecule has 0 unspecified atom stereocenters. The number of carbonyl (C=O) groups is 1. The van der Waals surface area contributed by atoms with Gasteiger partial charge in [0.1, 0.15) is 35.9 Å². The number of amides is 1. The van der Waals surface area contributed by atoms with E-state index >= 15 is 0 Å². The molecule has 0 radical (unpaired) electrons. The van der Waals surface area contributed by atoms with Crippen LogP contribution in [0.5, 0.6) is 5.75 Å². The fourth-order valence-electron chi connectivity index (χ4n) is 2.31. The summed E-state index contributed by atoms with van der Waals surface area (Å²) in [5, 5.41) is 22.7. The number of rotatable bonds is 4. The van der Waals surface area contributed by atoms with E-state index in [0.717, 1.165) is 17.1 Å². The van der Waals surface area contributed by atoms with E-state index in [1.807, 2.05) is 24.3 Å². The van der Waals surface area contributed by atoms with Gasteiger partial charge in [0, 0.05) is 16.8 Å². The fourth-order valence-corrected chi connectivity index (χ4v) is 2.31. The summed E-state index contributed by atoms with van der Waals surface area (Å²) < 4.78 is 5.71. The van der Waals surface area contributed by atoms with Gasteiger partial charge in [-0.05, 0) is 12.1 Å². The lowest BCUT2D eigenvalue weighted by Gasteiger charge is -2.05. The van der Waals surface area contributed by atoms with Crippen molar-refractivity contribution in [3.8, 4) is 11.8 Å². The highest BCUT2D eigenvalue weighted by molar-refractivity contribution is 6.07. The first-order valence-electron chi connectivity index (χ1n) is 7.24. The van der Waals surface area contributed by atoms with Crippen LogP contribution in [0.2, 0.25) is 0 Å². The summed E-state index contributed by atoms with van der Waals surface area (Å²) in [5.41, 5.74) is 6.62. The van der Waals surface area contributed by atoms with Crippen LogP contribution in [0.1, 0.15) is 0 Å². The molecule has 25 heavy (non-hydrogen) atoms. The van der Waals surface area contributed by atoms with Gasteiger partial charge in [0.15, 0.2) is 0 Å². The summed E-state index contributed by atoms with van der Waals surface area (Å²) in [6.45, 7) is -0.236. The van der Waals surface area contributed by atoms with Crippen molar-refractivity contribution in [2.45, 2.75) is 0 Å². The average Bonchev–Trinajstić information content (AvgIpc) is 2.96. The number of nitrogens with one attached hydrogen (secondary N) is 1. The minimum atomic E-state index is -0.465. The van der Waals surface area contributed by atoms with E-state index in [-0.39, 0.29) is 23.8 Å². The van der Waals surface area contributed by atoms with E-state index in [2.05, 4.69) is 15.3 Å². The molecular formula is C17H13N5O3. The molecule has 4 N–H and O–H groups in total. The van der Waals surface area contributed by atoms with Crippen molar-refractivity contribution in [2.75, 3.05) is 11.9 Å². The van der Waals surface area contributed by atoms with Crippen LogP contribution in [0.25, 0.3) is 21.9 Å². The Balaban J connectivity index is 1.79. The summed E-state index contributed by atoms with van der Waals surface area (Å²) in [4.78, 5) is 19.1. The SMILES string of the molecule is N#CC(N)=NC=NCC(=O)Nc1cc2oc3ccccc3c2cc1O. The van der Waals surface area contributed by atoms with Crippen LogP contribution in [-0.2, 0) is 4.79 Å². The monoisotopic (exact) mass is 335 g/mol. The summed E-state index contributed by atoms with van der Waals surface area (Å²) in [5.74, 6) is -0.798. The highest BCUT2D eigenvalue weighted by Crippen LogP contribution is 2.35. The Hall–Kier alpha value is -3.86. The van der Waals surface area contributed by atoms with Crippen LogP contribution in [0.3, 0.4) is 0 Å². The number of benzene rings is 2. The maximum absolute atomic E-state index is 11.9. The molecule has 1 amide bonds. The zero-order valence-corrected chi connectivity index (χ0v) is 12.9. The van der Waals surface area contributed by atoms with Gasteiger partial charge in [-0.1, -0.05) is 18.2 Å². The summed E-state index contributed by atoms with van der Waals surface area (Å²) in [6.07, 6.45) is 1.03. The van der Waals surface area contributed by atoms with Gasteiger partial charge in [0.05, 0.1) is 5.69 Å². The summed E-state index contributed by atoms with van der Waals surface area (Å²) in [7, 11) is 0. The Bertz CT molecular complexity index is 1060. The van der Waals surface area contributed by atoms with Crippen molar-refractivity contribution in [2.24, 2.45) is 15.7 Å². The number of phenolic OH excluding ortho intramolecular Hbond substituents is 1. The number of anilines is 1. The molecule has 0 aliphatic rings. The predicted molar refractivity (Wildman–Crippen MR) is 94.6 cm³/mol. The molecule has 8 nitrogen and oxygen atoms in total. The van der Waals surface area contributed by atoms with E-state index in [1.54, 1.807) is 12.1 Å². The largest absolute Gasteiger partial charge is 0.506 e. The van der Waals surface area contributed by atoms with Gasteiger partial charge in [0.25, 0.3) is 0 Å². The van der Waals surface area contributed by atoms with E-state index < -0.39 is 5.91 Å². The number of nitriles is 1. The smallest absolute Gasteiger partial charge is 0.246 e. The number of hydrogen-bond donors (Lipinski definition) is 3. The first-order chi connectivity index (χ1) is 12.1. The zero-order valence-electron chi connectivity index (χ0n) is 12.9. The van der Waals surface area contributed by atoms with Gasteiger partial charge < -0.3 is 20.6 Å². The molecule has 0 aliphatic carbocycles. The number of aromatic hydroxyl groups is 1. The normalized spacial score (nSPS) is 11.9. The number of nitrogens with zero attached hydrogens (tertiary/aromatic N) is 3. The van der Waals surface area contributed by atoms with Crippen molar-refractivity contribution in [3.05, 3.63) is 36.4 Å². The Kier molecular flexibility index (Phi) is 4.30. The van der Waals surface area contributed by atoms with Gasteiger partial charge in [-0.2, -0.15) is 5.26 Å². The Morgan fingerprint density at radius 1 is 1.32 bits per heavy atom. The third kappa shape index (κ3) is 3.40.